The van der Waals surface area contributed by atoms with Gasteiger partial charge in [0.1, 0.15) is 18.7 Å². The average Bonchev–Trinajstić information content (AvgIpc) is 2.99. The van der Waals surface area contributed by atoms with E-state index in [-0.39, 0.29) is 11.9 Å². The van der Waals surface area contributed by atoms with Crippen LogP contribution in [0.25, 0.3) is 0 Å². The number of amides is 1. The lowest BCUT2D eigenvalue weighted by Crippen LogP contribution is -2.39. The maximum atomic E-state index is 12.4. The van der Waals surface area contributed by atoms with Crippen LogP contribution in [-0.4, -0.2) is 32.1 Å². The minimum atomic E-state index is -0.298. The smallest absolute Gasteiger partial charge is 0.247 e. The SMILES string of the molecule is CC(C(=O)N1CCc2ccccc2C1)n1cncn1. The Balaban J connectivity index is 1.76. The van der Waals surface area contributed by atoms with Gasteiger partial charge in [0.25, 0.3) is 0 Å². The van der Waals surface area contributed by atoms with Crippen molar-refractivity contribution in [2.45, 2.75) is 25.9 Å². The van der Waals surface area contributed by atoms with E-state index >= 15 is 0 Å². The van der Waals surface area contributed by atoms with Gasteiger partial charge in [-0.05, 0) is 24.5 Å². The Labute approximate surface area is 111 Å². The molecule has 1 aliphatic heterocycles. The monoisotopic (exact) mass is 256 g/mol. The molecule has 1 amide bonds. The summed E-state index contributed by atoms with van der Waals surface area (Å²) < 4.78 is 1.60. The molecule has 3 rings (SSSR count). The molecule has 1 aromatic carbocycles. The zero-order chi connectivity index (χ0) is 13.2. The van der Waals surface area contributed by atoms with Crippen LogP contribution in [0, 0.1) is 0 Å². The summed E-state index contributed by atoms with van der Waals surface area (Å²) in [5, 5.41) is 4.03. The summed E-state index contributed by atoms with van der Waals surface area (Å²) in [5.41, 5.74) is 2.59. The molecule has 2 heterocycles. The average molecular weight is 256 g/mol. The lowest BCUT2D eigenvalue weighted by atomic mass is 9.99. The van der Waals surface area contributed by atoms with Gasteiger partial charge in [0.2, 0.25) is 5.91 Å². The molecule has 5 nitrogen and oxygen atoms in total. The lowest BCUT2D eigenvalue weighted by Gasteiger charge is -2.30. The summed E-state index contributed by atoms with van der Waals surface area (Å²) in [6.45, 7) is 3.32. The van der Waals surface area contributed by atoms with Crippen molar-refractivity contribution in [2.24, 2.45) is 0 Å². The Kier molecular flexibility index (Phi) is 3.03. The summed E-state index contributed by atoms with van der Waals surface area (Å²) in [4.78, 5) is 18.2. The number of aromatic nitrogens is 3. The van der Waals surface area contributed by atoms with Gasteiger partial charge in [-0.15, -0.1) is 0 Å². The van der Waals surface area contributed by atoms with Crippen LogP contribution < -0.4 is 0 Å². The van der Waals surface area contributed by atoms with Gasteiger partial charge in [-0.2, -0.15) is 5.10 Å². The van der Waals surface area contributed by atoms with Crippen molar-refractivity contribution in [1.82, 2.24) is 19.7 Å². The zero-order valence-corrected chi connectivity index (χ0v) is 10.9. The number of hydrogen-bond donors (Lipinski definition) is 0. The van der Waals surface area contributed by atoms with E-state index in [1.807, 2.05) is 24.0 Å². The number of nitrogens with zero attached hydrogens (tertiary/aromatic N) is 4. The van der Waals surface area contributed by atoms with Crippen LogP contribution >= 0.6 is 0 Å². The van der Waals surface area contributed by atoms with Crippen LogP contribution in [-0.2, 0) is 17.8 Å². The number of benzene rings is 1. The highest BCUT2D eigenvalue weighted by molar-refractivity contribution is 5.80. The Morgan fingerprint density at radius 1 is 1.32 bits per heavy atom. The molecule has 0 spiro atoms. The predicted octanol–water partition coefficient (Wildman–Crippen LogP) is 1.42. The van der Waals surface area contributed by atoms with Gasteiger partial charge in [-0.25, -0.2) is 9.67 Å². The molecule has 98 valence electrons. The van der Waals surface area contributed by atoms with E-state index in [0.717, 1.165) is 13.0 Å². The fourth-order valence-corrected chi connectivity index (χ4v) is 2.48. The van der Waals surface area contributed by atoms with Gasteiger partial charge in [-0.3, -0.25) is 4.79 Å². The first-order chi connectivity index (χ1) is 9.25. The molecule has 0 fully saturated rings. The molecule has 19 heavy (non-hydrogen) atoms. The standard InChI is InChI=1S/C14H16N4O/c1-11(18-10-15-9-16-18)14(19)17-7-6-12-4-2-3-5-13(12)8-17/h2-5,9-11H,6-8H2,1H3. The number of carbonyl (C=O) groups excluding carboxylic acids is 1. The van der Waals surface area contributed by atoms with Gasteiger partial charge in [0, 0.05) is 13.1 Å². The third-order valence-corrected chi connectivity index (χ3v) is 3.63. The molecular weight excluding hydrogens is 240 g/mol. The van der Waals surface area contributed by atoms with Crippen LogP contribution in [0.5, 0.6) is 0 Å². The van der Waals surface area contributed by atoms with E-state index in [1.54, 1.807) is 11.0 Å². The normalized spacial score (nSPS) is 15.9. The second kappa shape index (κ2) is 4.84. The molecule has 2 aromatic rings. The second-order valence-electron chi connectivity index (χ2n) is 4.83. The van der Waals surface area contributed by atoms with Crippen LogP contribution in [0.1, 0.15) is 24.1 Å². The highest BCUT2D eigenvalue weighted by atomic mass is 16.2. The molecule has 0 saturated carbocycles. The third kappa shape index (κ3) is 2.23. The van der Waals surface area contributed by atoms with Gasteiger partial charge < -0.3 is 4.90 Å². The Hall–Kier alpha value is -2.17. The van der Waals surface area contributed by atoms with Crippen molar-refractivity contribution in [3.05, 3.63) is 48.0 Å². The van der Waals surface area contributed by atoms with Crippen molar-refractivity contribution >= 4 is 5.91 Å². The van der Waals surface area contributed by atoms with Gasteiger partial charge in [0.15, 0.2) is 0 Å². The summed E-state index contributed by atoms with van der Waals surface area (Å²) in [6, 6.07) is 8.00. The molecule has 0 N–H and O–H groups in total. The maximum Gasteiger partial charge on any atom is 0.247 e. The van der Waals surface area contributed by atoms with E-state index in [2.05, 4.69) is 22.2 Å². The number of carbonyl (C=O) groups is 1. The van der Waals surface area contributed by atoms with E-state index in [1.165, 1.54) is 17.5 Å². The first-order valence-corrected chi connectivity index (χ1v) is 6.45. The van der Waals surface area contributed by atoms with Crippen molar-refractivity contribution in [2.75, 3.05) is 6.54 Å². The molecule has 1 unspecified atom stereocenters. The van der Waals surface area contributed by atoms with Crippen LogP contribution in [0.15, 0.2) is 36.9 Å². The summed E-state index contributed by atoms with van der Waals surface area (Å²) in [7, 11) is 0. The highest BCUT2D eigenvalue weighted by Crippen LogP contribution is 2.20. The Bertz CT molecular complexity index is 579. The van der Waals surface area contributed by atoms with Crippen molar-refractivity contribution < 1.29 is 4.79 Å². The molecule has 0 radical (unpaired) electrons. The molecule has 1 atom stereocenters. The second-order valence-corrected chi connectivity index (χ2v) is 4.83. The lowest BCUT2D eigenvalue weighted by molar-refractivity contribution is -0.135. The van der Waals surface area contributed by atoms with Crippen LogP contribution in [0.3, 0.4) is 0 Å². The summed E-state index contributed by atoms with van der Waals surface area (Å²) >= 11 is 0. The minimum Gasteiger partial charge on any atom is -0.336 e. The minimum absolute atomic E-state index is 0.0972. The fourth-order valence-electron chi connectivity index (χ4n) is 2.48. The number of hydrogen-bond acceptors (Lipinski definition) is 3. The van der Waals surface area contributed by atoms with E-state index in [0.29, 0.717) is 6.54 Å². The molecule has 0 saturated heterocycles. The topological polar surface area (TPSA) is 51.0 Å². The van der Waals surface area contributed by atoms with Crippen molar-refractivity contribution in [3.8, 4) is 0 Å². The van der Waals surface area contributed by atoms with Crippen molar-refractivity contribution in [3.63, 3.8) is 0 Å². The van der Waals surface area contributed by atoms with E-state index in [4.69, 9.17) is 0 Å². The molecule has 0 aliphatic carbocycles. The zero-order valence-electron chi connectivity index (χ0n) is 10.9. The Morgan fingerprint density at radius 2 is 2.11 bits per heavy atom. The molecule has 5 heteroatoms. The first-order valence-electron chi connectivity index (χ1n) is 6.45. The third-order valence-electron chi connectivity index (χ3n) is 3.63. The molecule has 1 aromatic heterocycles. The summed E-state index contributed by atoms with van der Waals surface area (Å²) in [5.74, 6) is 0.0972. The van der Waals surface area contributed by atoms with Gasteiger partial charge >= 0.3 is 0 Å². The van der Waals surface area contributed by atoms with Gasteiger partial charge in [0.05, 0.1) is 0 Å². The highest BCUT2D eigenvalue weighted by Gasteiger charge is 2.25. The number of fused-ring (bicyclic) bond motifs is 1. The van der Waals surface area contributed by atoms with E-state index in [9.17, 15) is 4.79 Å². The van der Waals surface area contributed by atoms with Crippen molar-refractivity contribution in [1.29, 1.82) is 0 Å². The molecule has 1 aliphatic rings. The van der Waals surface area contributed by atoms with E-state index < -0.39 is 0 Å². The van der Waals surface area contributed by atoms with Crippen LogP contribution in [0.4, 0.5) is 0 Å². The fraction of sp³-hybridized carbons (Fsp3) is 0.357. The largest absolute Gasteiger partial charge is 0.336 e. The quantitative estimate of drug-likeness (QED) is 0.816. The molecule has 0 bridgehead atoms. The van der Waals surface area contributed by atoms with Crippen LogP contribution in [0.2, 0.25) is 0 Å². The first kappa shape index (κ1) is 11.9. The number of rotatable bonds is 2. The van der Waals surface area contributed by atoms with Gasteiger partial charge in [-0.1, -0.05) is 24.3 Å². The molecular formula is C14H16N4O. The summed E-state index contributed by atoms with van der Waals surface area (Å²) in [6.07, 6.45) is 3.96. The predicted molar refractivity (Wildman–Crippen MR) is 70.3 cm³/mol. The maximum absolute atomic E-state index is 12.4. The Morgan fingerprint density at radius 3 is 2.84 bits per heavy atom.